The first kappa shape index (κ1) is 11.6. The van der Waals surface area contributed by atoms with E-state index in [-0.39, 0.29) is 0 Å². The van der Waals surface area contributed by atoms with Gasteiger partial charge in [0.25, 0.3) is 0 Å². The molecule has 1 unspecified atom stereocenters. The molecule has 0 aromatic carbocycles. The highest BCUT2D eigenvalue weighted by Crippen LogP contribution is 2.32. The van der Waals surface area contributed by atoms with Gasteiger partial charge in [-0.25, -0.2) is 0 Å². The molecule has 0 bridgehead atoms. The maximum absolute atomic E-state index is 5.56. The van der Waals surface area contributed by atoms with Gasteiger partial charge in [-0.15, -0.1) is 0 Å². The molecule has 0 aromatic heterocycles. The summed E-state index contributed by atoms with van der Waals surface area (Å²) in [5.41, 5.74) is 0. The minimum absolute atomic E-state index is 0.406. The summed E-state index contributed by atoms with van der Waals surface area (Å²) in [5.74, 6) is 1.68. The van der Waals surface area contributed by atoms with Gasteiger partial charge in [0, 0.05) is 5.92 Å². The highest BCUT2D eigenvalue weighted by atomic mass is 16.5. The van der Waals surface area contributed by atoms with Crippen LogP contribution in [0.3, 0.4) is 0 Å². The summed E-state index contributed by atoms with van der Waals surface area (Å²) >= 11 is 0. The lowest BCUT2D eigenvalue weighted by Crippen LogP contribution is -1.98. The number of rotatable bonds is 6. The molecular formula is C13H24O. The van der Waals surface area contributed by atoms with Gasteiger partial charge in [-0.1, -0.05) is 45.6 Å². The fourth-order valence-corrected chi connectivity index (χ4v) is 2.21. The summed E-state index contributed by atoms with van der Waals surface area (Å²) in [7, 11) is 0. The lowest BCUT2D eigenvalue weighted by Gasteiger charge is -2.07. The van der Waals surface area contributed by atoms with Crippen molar-refractivity contribution in [3.8, 4) is 0 Å². The standard InChI is InChI=1S/C13H24O/c1-4-5-6-7-8-9-13-10-11(2)14-12(13)3/h11,13H,3-10H2,1-2H3/t11-,13?/m0/s1. The van der Waals surface area contributed by atoms with Gasteiger partial charge in [-0.2, -0.15) is 0 Å². The third-order valence-corrected chi connectivity index (χ3v) is 3.08. The van der Waals surface area contributed by atoms with Gasteiger partial charge in [0.05, 0.1) is 11.9 Å². The Morgan fingerprint density at radius 3 is 2.57 bits per heavy atom. The molecular weight excluding hydrogens is 172 g/mol. The van der Waals surface area contributed by atoms with E-state index in [9.17, 15) is 0 Å². The van der Waals surface area contributed by atoms with Gasteiger partial charge in [-0.3, -0.25) is 0 Å². The lowest BCUT2D eigenvalue weighted by atomic mass is 9.96. The molecule has 1 fully saturated rings. The van der Waals surface area contributed by atoms with Crippen LogP contribution in [0.25, 0.3) is 0 Å². The van der Waals surface area contributed by atoms with Crippen LogP contribution in [0.2, 0.25) is 0 Å². The van der Waals surface area contributed by atoms with Crippen LogP contribution >= 0.6 is 0 Å². The Balaban J connectivity index is 2.04. The van der Waals surface area contributed by atoms with E-state index in [1.165, 1.54) is 44.9 Å². The van der Waals surface area contributed by atoms with Crippen molar-refractivity contribution in [3.05, 3.63) is 12.3 Å². The minimum atomic E-state index is 0.406. The average Bonchev–Trinajstić information content (AvgIpc) is 2.45. The summed E-state index contributed by atoms with van der Waals surface area (Å²) in [4.78, 5) is 0. The molecule has 1 heterocycles. The molecule has 0 aromatic rings. The second kappa shape index (κ2) is 6.10. The van der Waals surface area contributed by atoms with Crippen molar-refractivity contribution < 1.29 is 4.74 Å². The van der Waals surface area contributed by atoms with Crippen LogP contribution in [0, 0.1) is 5.92 Å². The average molecular weight is 196 g/mol. The molecule has 2 atom stereocenters. The fourth-order valence-electron chi connectivity index (χ4n) is 2.21. The van der Waals surface area contributed by atoms with Crippen molar-refractivity contribution in [3.63, 3.8) is 0 Å². The summed E-state index contributed by atoms with van der Waals surface area (Å²) < 4.78 is 5.56. The normalized spacial score (nSPS) is 26.6. The Hall–Kier alpha value is -0.460. The third-order valence-electron chi connectivity index (χ3n) is 3.08. The van der Waals surface area contributed by atoms with Crippen LogP contribution in [-0.4, -0.2) is 6.10 Å². The smallest absolute Gasteiger partial charge is 0.0961 e. The predicted molar refractivity (Wildman–Crippen MR) is 61.2 cm³/mol. The summed E-state index contributed by atoms with van der Waals surface area (Å²) in [5, 5.41) is 0. The van der Waals surface area contributed by atoms with Crippen molar-refractivity contribution in [2.45, 2.75) is 64.9 Å². The SMILES string of the molecule is C=C1O[C@@H](C)CC1CCCCCCC. The van der Waals surface area contributed by atoms with Gasteiger partial charge >= 0.3 is 0 Å². The molecule has 1 aliphatic heterocycles. The summed E-state index contributed by atoms with van der Waals surface area (Å²) in [6, 6.07) is 0. The van der Waals surface area contributed by atoms with Gasteiger partial charge < -0.3 is 4.74 Å². The first-order valence-corrected chi connectivity index (χ1v) is 6.09. The molecule has 1 saturated heterocycles. The van der Waals surface area contributed by atoms with Gasteiger partial charge in [0.15, 0.2) is 0 Å². The second-order valence-electron chi connectivity index (χ2n) is 4.53. The fraction of sp³-hybridized carbons (Fsp3) is 0.846. The zero-order chi connectivity index (χ0) is 10.4. The number of ether oxygens (including phenoxy) is 1. The van der Waals surface area contributed by atoms with E-state index in [0.717, 1.165) is 5.76 Å². The van der Waals surface area contributed by atoms with Crippen molar-refractivity contribution in [2.24, 2.45) is 5.92 Å². The van der Waals surface area contributed by atoms with E-state index < -0.39 is 0 Å². The number of hydrogen-bond acceptors (Lipinski definition) is 1. The van der Waals surface area contributed by atoms with E-state index in [1.807, 2.05) is 0 Å². The quantitative estimate of drug-likeness (QED) is 0.576. The molecule has 0 aliphatic carbocycles. The zero-order valence-corrected chi connectivity index (χ0v) is 9.72. The summed E-state index contributed by atoms with van der Waals surface area (Å²) in [6.45, 7) is 8.38. The Bertz CT molecular complexity index is 174. The molecule has 14 heavy (non-hydrogen) atoms. The predicted octanol–water partition coefficient (Wildman–Crippen LogP) is 4.29. The van der Waals surface area contributed by atoms with Gasteiger partial charge in [0.2, 0.25) is 0 Å². The molecule has 1 rings (SSSR count). The van der Waals surface area contributed by atoms with Gasteiger partial charge in [-0.05, 0) is 19.8 Å². The summed E-state index contributed by atoms with van der Waals surface area (Å²) in [6.07, 6.45) is 9.72. The largest absolute Gasteiger partial charge is 0.495 e. The highest BCUT2D eigenvalue weighted by Gasteiger charge is 2.25. The van der Waals surface area contributed by atoms with E-state index in [0.29, 0.717) is 12.0 Å². The topological polar surface area (TPSA) is 9.23 Å². The second-order valence-corrected chi connectivity index (χ2v) is 4.53. The molecule has 0 saturated carbocycles. The van der Waals surface area contributed by atoms with Crippen LogP contribution in [0.4, 0.5) is 0 Å². The third kappa shape index (κ3) is 3.73. The van der Waals surface area contributed by atoms with E-state index in [2.05, 4.69) is 20.4 Å². The number of unbranched alkanes of at least 4 members (excludes halogenated alkanes) is 4. The molecule has 0 N–H and O–H groups in total. The molecule has 0 amide bonds. The first-order chi connectivity index (χ1) is 6.74. The highest BCUT2D eigenvalue weighted by molar-refractivity contribution is 4.98. The van der Waals surface area contributed by atoms with Crippen LogP contribution < -0.4 is 0 Å². The Kier molecular flexibility index (Phi) is 5.06. The Morgan fingerprint density at radius 1 is 1.29 bits per heavy atom. The van der Waals surface area contributed by atoms with Crippen molar-refractivity contribution in [1.82, 2.24) is 0 Å². The number of allylic oxidation sites excluding steroid dienone is 1. The lowest BCUT2D eigenvalue weighted by molar-refractivity contribution is 0.178. The number of hydrogen-bond donors (Lipinski definition) is 0. The van der Waals surface area contributed by atoms with Crippen LogP contribution in [-0.2, 0) is 4.74 Å². The molecule has 0 spiro atoms. The maximum Gasteiger partial charge on any atom is 0.0961 e. The monoisotopic (exact) mass is 196 g/mol. The van der Waals surface area contributed by atoms with E-state index >= 15 is 0 Å². The van der Waals surface area contributed by atoms with Gasteiger partial charge in [0.1, 0.15) is 0 Å². The van der Waals surface area contributed by atoms with Crippen molar-refractivity contribution in [1.29, 1.82) is 0 Å². The van der Waals surface area contributed by atoms with Crippen molar-refractivity contribution >= 4 is 0 Å². The molecule has 1 aliphatic rings. The van der Waals surface area contributed by atoms with E-state index in [4.69, 9.17) is 4.74 Å². The molecule has 1 nitrogen and oxygen atoms in total. The van der Waals surface area contributed by atoms with Crippen LogP contribution in [0.5, 0.6) is 0 Å². The molecule has 0 radical (unpaired) electrons. The van der Waals surface area contributed by atoms with Crippen LogP contribution in [0.15, 0.2) is 12.3 Å². The van der Waals surface area contributed by atoms with E-state index in [1.54, 1.807) is 0 Å². The molecule has 1 heteroatoms. The molecule has 82 valence electrons. The Labute approximate surface area is 88.5 Å². The first-order valence-electron chi connectivity index (χ1n) is 6.09. The Morgan fingerprint density at radius 2 is 2.00 bits per heavy atom. The minimum Gasteiger partial charge on any atom is -0.495 e. The zero-order valence-electron chi connectivity index (χ0n) is 9.72. The maximum atomic E-state index is 5.56. The van der Waals surface area contributed by atoms with Crippen LogP contribution in [0.1, 0.15) is 58.8 Å². The van der Waals surface area contributed by atoms with Crippen molar-refractivity contribution in [2.75, 3.05) is 0 Å².